The molecule has 3 aliphatic heterocycles. The van der Waals surface area contributed by atoms with E-state index in [9.17, 15) is 4.79 Å². The van der Waals surface area contributed by atoms with Crippen molar-refractivity contribution in [1.82, 2.24) is 4.90 Å². The molecular weight excluding hydrogens is 337 g/mol. The molecule has 2 unspecified atom stereocenters. The topological polar surface area (TPSA) is 29.5 Å². The van der Waals surface area contributed by atoms with E-state index in [0.29, 0.717) is 17.2 Å². The fraction of sp³-hybridized carbons (Fsp3) is 0.667. The van der Waals surface area contributed by atoms with Gasteiger partial charge in [0.05, 0.1) is 6.61 Å². The number of likely N-dealkylation sites (tertiary alicyclic amines) is 1. The Kier molecular flexibility index (Phi) is 4.20. The summed E-state index contributed by atoms with van der Waals surface area (Å²) in [7, 11) is 1.19. The molecular formula is C15H21BrNO2P. The minimum Gasteiger partial charge on any atom is -0.383 e. The van der Waals surface area contributed by atoms with Gasteiger partial charge >= 0.3 is 0 Å². The molecule has 3 aliphatic rings. The quantitative estimate of drug-likeness (QED) is 0.725. The number of piperidine rings is 1. The average molecular weight is 358 g/mol. The molecule has 5 heteroatoms. The van der Waals surface area contributed by atoms with E-state index in [4.69, 9.17) is 4.74 Å². The second-order valence-electron chi connectivity index (χ2n) is 6.03. The summed E-state index contributed by atoms with van der Waals surface area (Å²) in [6.07, 6.45) is 6.42. The van der Waals surface area contributed by atoms with Crippen molar-refractivity contribution in [2.45, 2.75) is 31.5 Å². The van der Waals surface area contributed by atoms with Gasteiger partial charge < -0.3 is 4.74 Å². The molecule has 3 nitrogen and oxygen atoms in total. The van der Waals surface area contributed by atoms with Crippen molar-refractivity contribution in [3.8, 4) is 0 Å². The van der Waals surface area contributed by atoms with E-state index in [2.05, 4.69) is 45.7 Å². The molecule has 0 amide bonds. The number of hydrogen-bond donors (Lipinski definition) is 0. The van der Waals surface area contributed by atoms with Crippen LogP contribution in [0.4, 0.5) is 0 Å². The Hall–Kier alpha value is -0.0200. The lowest BCUT2D eigenvalue weighted by molar-refractivity contribution is -0.126. The lowest BCUT2D eigenvalue weighted by Gasteiger charge is -2.56. The summed E-state index contributed by atoms with van der Waals surface area (Å²) in [6, 6.07) is 0.449. The lowest BCUT2D eigenvalue weighted by Crippen LogP contribution is -2.57. The SMILES string of the molecule is COC[C@H](C)N1CCC2(CC1)C(=O)P1C=C(Br)C=CC12. The number of allylic oxidation sites excluding steroid dienone is 3. The van der Waals surface area contributed by atoms with Crippen LogP contribution in [0.3, 0.4) is 0 Å². The maximum Gasteiger partial charge on any atom is 0.166 e. The third-order valence-electron chi connectivity index (χ3n) is 4.95. The molecule has 0 saturated carbocycles. The second-order valence-corrected chi connectivity index (χ2v) is 8.98. The Morgan fingerprint density at radius 2 is 2.25 bits per heavy atom. The number of methoxy groups -OCH3 is 1. The molecule has 3 heterocycles. The highest BCUT2D eigenvalue weighted by Gasteiger charge is 2.60. The number of fused-ring (bicyclic) bond motifs is 2. The van der Waals surface area contributed by atoms with Crippen molar-refractivity contribution in [3.05, 3.63) is 22.5 Å². The summed E-state index contributed by atoms with van der Waals surface area (Å²) < 4.78 is 6.32. The standard InChI is InChI=1S/C15H21BrNO2P/c1-11(9-19-2)17-7-5-15(6-8-17)13-4-3-12(16)10-20(13)14(15)18/h3-4,10-11,13H,5-9H2,1-2H3/t11-,13?,20?/m0/s1. The monoisotopic (exact) mass is 357 g/mol. The van der Waals surface area contributed by atoms with E-state index < -0.39 is 7.92 Å². The average Bonchev–Trinajstić information content (AvgIpc) is 2.47. The minimum atomic E-state index is -0.558. The lowest BCUT2D eigenvalue weighted by atomic mass is 9.74. The molecule has 3 atom stereocenters. The molecule has 0 radical (unpaired) electrons. The summed E-state index contributed by atoms with van der Waals surface area (Å²) in [6.45, 7) is 5.02. The number of hydrogen-bond acceptors (Lipinski definition) is 3. The van der Waals surface area contributed by atoms with Crippen LogP contribution in [-0.2, 0) is 9.53 Å². The maximum absolute atomic E-state index is 12.6. The summed E-state index contributed by atoms with van der Waals surface area (Å²) in [5.74, 6) is 2.15. The summed E-state index contributed by atoms with van der Waals surface area (Å²) >= 11 is 3.49. The van der Waals surface area contributed by atoms with Gasteiger partial charge in [0.2, 0.25) is 0 Å². The molecule has 0 aliphatic carbocycles. The number of halogens is 1. The van der Waals surface area contributed by atoms with Gasteiger partial charge in [0.15, 0.2) is 5.52 Å². The van der Waals surface area contributed by atoms with Gasteiger partial charge in [-0.25, -0.2) is 0 Å². The molecule has 20 heavy (non-hydrogen) atoms. The molecule has 2 fully saturated rings. The second kappa shape index (κ2) is 5.64. The highest BCUT2D eigenvalue weighted by molar-refractivity contribution is 9.12. The Morgan fingerprint density at radius 1 is 1.55 bits per heavy atom. The van der Waals surface area contributed by atoms with Crippen molar-refractivity contribution in [1.29, 1.82) is 0 Å². The molecule has 0 aromatic heterocycles. The van der Waals surface area contributed by atoms with Crippen molar-refractivity contribution in [2.24, 2.45) is 5.41 Å². The van der Waals surface area contributed by atoms with Crippen molar-refractivity contribution >= 4 is 29.4 Å². The van der Waals surface area contributed by atoms with Gasteiger partial charge in [-0.3, -0.25) is 9.69 Å². The van der Waals surface area contributed by atoms with Crippen molar-refractivity contribution < 1.29 is 9.53 Å². The van der Waals surface area contributed by atoms with Crippen molar-refractivity contribution in [3.63, 3.8) is 0 Å². The van der Waals surface area contributed by atoms with Crippen LogP contribution in [0, 0.1) is 5.41 Å². The van der Waals surface area contributed by atoms with E-state index in [1.54, 1.807) is 7.11 Å². The number of ether oxygens (including phenoxy) is 1. The number of carbonyl (C=O) groups is 1. The van der Waals surface area contributed by atoms with Gasteiger partial charge in [0.25, 0.3) is 0 Å². The summed E-state index contributed by atoms with van der Waals surface area (Å²) in [5, 5.41) is 0. The van der Waals surface area contributed by atoms with Crippen LogP contribution in [0.25, 0.3) is 0 Å². The van der Waals surface area contributed by atoms with E-state index in [0.717, 1.165) is 37.0 Å². The fourth-order valence-electron chi connectivity index (χ4n) is 3.70. The van der Waals surface area contributed by atoms with E-state index in [1.165, 1.54) is 0 Å². The van der Waals surface area contributed by atoms with Crippen molar-refractivity contribution in [2.75, 3.05) is 26.8 Å². The summed E-state index contributed by atoms with van der Waals surface area (Å²) in [4.78, 5) is 15.1. The van der Waals surface area contributed by atoms with Crippen LogP contribution in [0.5, 0.6) is 0 Å². The first-order valence-electron chi connectivity index (χ1n) is 7.20. The molecule has 2 saturated heterocycles. The minimum absolute atomic E-state index is 0.0459. The normalized spacial score (nSPS) is 33.5. The maximum atomic E-state index is 12.6. The van der Waals surface area contributed by atoms with Gasteiger partial charge in [-0.15, -0.1) is 0 Å². The first-order valence-corrected chi connectivity index (χ1v) is 9.47. The summed E-state index contributed by atoms with van der Waals surface area (Å²) in [5.41, 5.74) is 0.972. The first kappa shape index (κ1) is 14.9. The van der Waals surface area contributed by atoms with Crippen LogP contribution in [0.2, 0.25) is 0 Å². The molecule has 1 spiro atoms. The molecule has 110 valence electrons. The van der Waals surface area contributed by atoms with E-state index in [-0.39, 0.29) is 5.41 Å². The zero-order chi connectivity index (χ0) is 14.3. The smallest absolute Gasteiger partial charge is 0.166 e. The number of rotatable bonds is 3. The van der Waals surface area contributed by atoms with Crippen LogP contribution < -0.4 is 0 Å². The fourth-order valence-corrected chi connectivity index (χ4v) is 7.25. The predicted octanol–water partition coefficient (Wildman–Crippen LogP) is 3.30. The van der Waals surface area contributed by atoms with Gasteiger partial charge in [-0.2, -0.15) is 0 Å². The van der Waals surface area contributed by atoms with Gasteiger partial charge in [0.1, 0.15) is 0 Å². The van der Waals surface area contributed by atoms with Crippen LogP contribution in [-0.4, -0.2) is 48.9 Å². The zero-order valence-corrected chi connectivity index (χ0v) is 14.5. The van der Waals surface area contributed by atoms with E-state index in [1.807, 2.05) is 0 Å². The highest BCUT2D eigenvalue weighted by Crippen LogP contribution is 2.71. The third-order valence-corrected chi connectivity index (χ3v) is 8.53. The molecule has 0 aromatic carbocycles. The Labute approximate surface area is 130 Å². The molecule has 0 bridgehead atoms. The van der Waals surface area contributed by atoms with E-state index >= 15 is 0 Å². The van der Waals surface area contributed by atoms with Gasteiger partial charge in [0, 0.05) is 28.7 Å². The highest BCUT2D eigenvalue weighted by atomic mass is 79.9. The Bertz CT molecular complexity index is 468. The Balaban J connectivity index is 1.66. The van der Waals surface area contributed by atoms with Gasteiger partial charge in [-0.1, -0.05) is 28.1 Å². The molecule has 0 aromatic rings. The van der Waals surface area contributed by atoms with Crippen LogP contribution in [0.15, 0.2) is 22.5 Å². The molecule has 0 N–H and O–H groups in total. The van der Waals surface area contributed by atoms with Gasteiger partial charge in [-0.05, 0) is 46.6 Å². The Morgan fingerprint density at radius 3 is 2.90 bits per heavy atom. The van der Waals surface area contributed by atoms with Crippen LogP contribution in [0.1, 0.15) is 19.8 Å². The molecule has 3 rings (SSSR count). The van der Waals surface area contributed by atoms with Crippen LogP contribution >= 0.6 is 23.9 Å². The third kappa shape index (κ3) is 2.25. The first-order chi connectivity index (χ1) is 9.58. The predicted molar refractivity (Wildman–Crippen MR) is 86.4 cm³/mol. The zero-order valence-electron chi connectivity index (χ0n) is 12.0. The number of carbonyl (C=O) groups excluding carboxylic acids is 1. The largest absolute Gasteiger partial charge is 0.383 e. The number of nitrogens with zero attached hydrogens (tertiary/aromatic N) is 1.